The Bertz CT molecular complexity index is 226. The third-order valence-electron chi connectivity index (χ3n) is 2.05. The van der Waals surface area contributed by atoms with E-state index < -0.39 is 6.10 Å². The van der Waals surface area contributed by atoms with Crippen LogP contribution in [0, 0.1) is 0 Å². The molecule has 1 aliphatic rings. The summed E-state index contributed by atoms with van der Waals surface area (Å²) >= 11 is 0. The molecule has 0 amide bonds. The highest BCUT2D eigenvalue weighted by Gasteiger charge is 2.17. The number of aliphatic hydroxyl groups is 3. The van der Waals surface area contributed by atoms with Crippen molar-refractivity contribution in [3.63, 3.8) is 0 Å². The summed E-state index contributed by atoms with van der Waals surface area (Å²) in [6.45, 7) is 1.42. The largest absolute Gasteiger partial charge is 0.512 e. The lowest BCUT2D eigenvalue weighted by Crippen LogP contribution is -2.14. The molecular weight excluding hydrogens is 156 g/mol. The standard InChI is InChI=1S/C9H14O3/c1-6(11)7-3-2-4-9(12)8(7)5-10/h3,6,10-12H,2,4-5H2,1H3. The maximum Gasteiger partial charge on any atom is 0.0984 e. The molecule has 3 N–H and O–H groups in total. The van der Waals surface area contributed by atoms with Gasteiger partial charge in [0.2, 0.25) is 0 Å². The second-order valence-electron chi connectivity index (χ2n) is 2.96. The summed E-state index contributed by atoms with van der Waals surface area (Å²) in [6, 6.07) is 0. The van der Waals surface area contributed by atoms with Crippen LogP contribution in [0.2, 0.25) is 0 Å². The van der Waals surface area contributed by atoms with Crippen LogP contribution in [-0.4, -0.2) is 28.0 Å². The van der Waals surface area contributed by atoms with Crippen molar-refractivity contribution < 1.29 is 15.3 Å². The molecule has 1 atom stereocenters. The van der Waals surface area contributed by atoms with Gasteiger partial charge in [-0.05, 0) is 18.9 Å². The van der Waals surface area contributed by atoms with E-state index in [0.29, 0.717) is 17.6 Å². The normalized spacial score (nSPS) is 20.8. The van der Waals surface area contributed by atoms with E-state index >= 15 is 0 Å². The van der Waals surface area contributed by atoms with Gasteiger partial charge in [-0.1, -0.05) is 6.08 Å². The first kappa shape index (κ1) is 9.29. The van der Waals surface area contributed by atoms with Gasteiger partial charge in [0.1, 0.15) is 0 Å². The first-order valence-corrected chi connectivity index (χ1v) is 4.07. The van der Waals surface area contributed by atoms with Gasteiger partial charge in [0.15, 0.2) is 0 Å². The third-order valence-corrected chi connectivity index (χ3v) is 2.05. The maximum atomic E-state index is 9.36. The van der Waals surface area contributed by atoms with Crippen LogP contribution in [0.25, 0.3) is 0 Å². The third kappa shape index (κ3) is 1.68. The Morgan fingerprint density at radius 1 is 1.58 bits per heavy atom. The lowest BCUT2D eigenvalue weighted by atomic mass is 9.93. The molecular formula is C9H14O3. The van der Waals surface area contributed by atoms with Gasteiger partial charge in [0.25, 0.3) is 0 Å². The molecule has 0 heterocycles. The second-order valence-corrected chi connectivity index (χ2v) is 2.96. The molecule has 0 aromatic carbocycles. The van der Waals surface area contributed by atoms with Gasteiger partial charge in [-0.25, -0.2) is 0 Å². The number of hydrogen-bond acceptors (Lipinski definition) is 3. The summed E-state index contributed by atoms with van der Waals surface area (Å²) in [6.07, 6.45) is 2.53. The fourth-order valence-electron chi connectivity index (χ4n) is 1.41. The summed E-state index contributed by atoms with van der Waals surface area (Å²) < 4.78 is 0. The molecule has 0 aromatic rings. The van der Waals surface area contributed by atoms with Gasteiger partial charge < -0.3 is 15.3 Å². The average molecular weight is 170 g/mol. The Kier molecular flexibility index (Phi) is 2.89. The smallest absolute Gasteiger partial charge is 0.0984 e. The Hall–Kier alpha value is -0.800. The molecule has 0 fully saturated rings. The molecule has 12 heavy (non-hydrogen) atoms. The molecule has 3 nitrogen and oxygen atoms in total. The predicted molar refractivity (Wildman–Crippen MR) is 45.7 cm³/mol. The number of hydrogen-bond donors (Lipinski definition) is 3. The van der Waals surface area contributed by atoms with Gasteiger partial charge in [0, 0.05) is 12.0 Å². The van der Waals surface area contributed by atoms with E-state index in [0.717, 1.165) is 6.42 Å². The summed E-state index contributed by atoms with van der Waals surface area (Å²) in [5.74, 6) is 0.205. The summed E-state index contributed by atoms with van der Waals surface area (Å²) in [5.41, 5.74) is 1.14. The predicted octanol–water partition coefficient (Wildman–Crippen LogP) is 0.892. The minimum absolute atomic E-state index is 0.205. The Morgan fingerprint density at radius 2 is 2.25 bits per heavy atom. The van der Waals surface area contributed by atoms with Crippen molar-refractivity contribution in [3.05, 3.63) is 23.0 Å². The van der Waals surface area contributed by atoms with Crippen molar-refractivity contribution in [2.75, 3.05) is 6.61 Å². The molecule has 0 saturated carbocycles. The van der Waals surface area contributed by atoms with Crippen molar-refractivity contribution >= 4 is 0 Å². The zero-order chi connectivity index (χ0) is 9.14. The lowest BCUT2D eigenvalue weighted by Gasteiger charge is -2.18. The van der Waals surface area contributed by atoms with E-state index in [1.165, 1.54) is 0 Å². The number of aliphatic hydroxyl groups excluding tert-OH is 3. The Morgan fingerprint density at radius 3 is 2.67 bits per heavy atom. The first-order chi connectivity index (χ1) is 5.66. The number of allylic oxidation sites excluding steroid dienone is 2. The molecule has 1 unspecified atom stereocenters. The van der Waals surface area contributed by atoms with Crippen molar-refractivity contribution in [1.29, 1.82) is 0 Å². The van der Waals surface area contributed by atoms with Crippen molar-refractivity contribution in [3.8, 4) is 0 Å². The highest BCUT2D eigenvalue weighted by Crippen LogP contribution is 2.25. The van der Waals surface area contributed by atoms with Crippen LogP contribution in [-0.2, 0) is 0 Å². The summed E-state index contributed by atoms with van der Waals surface area (Å²) in [4.78, 5) is 0. The Balaban J connectivity index is 2.92. The van der Waals surface area contributed by atoms with E-state index in [2.05, 4.69) is 0 Å². The molecule has 68 valence electrons. The Labute approximate surface area is 71.7 Å². The average Bonchev–Trinajstić information content (AvgIpc) is 2.03. The molecule has 0 aromatic heterocycles. The van der Waals surface area contributed by atoms with Crippen molar-refractivity contribution in [2.24, 2.45) is 0 Å². The molecule has 0 bridgehead atoms. The van der Waals surface area contributed by atoms with Crippen LogP contribution in [0.3, 0.4) is 0 Å². The molecule has 1 rings (SSSR count). The number of rotatable bonds is 2. The first-order valence-electron chi connectivity index (χ1n) is 4.07. The van der Waals surface area contributed by atoms with Gasteiger partial charge in [-0.2, -0.15) is 0 Å². The van der Waals surface area contributed by atoms with Gasteiger partial charge in [-0.3, -0.25) is 0 Å². The van der Waals surface area contributed by atoms with E-state index in [1.54, 1.807) is 6.92 Å². The van der Waals surface area contributed by atoms with Gasteiger partial charge in [-0.15, -0.1) is 0 Å². The zero-order valence-corrected chi connectivity index (χ0v) is 7.12. The lowest BCUT2D eigenvalue weighted by molar-refractivity contribution is 0.223. The fourth-order valence-corrected chi connectivity index (χ4v) is 1.41. The van der Waals surface area contributed by atoms with E-state index in [-0.39, 0.29) is 12.4 Å². The molecule has 0 aliphatic heterocycles. The van der Waals surface area contributed by atoms with Crippen LogP contribution in [0.15, 0.2) is 23.0 Å². The molecule has 3 heteroatoms. The minimum atomic E-state index is -0.616. The van der Waals surface area contributed by atoms with Crippen LogP contribution >= 0.6 is 0 Å². The highest BCUT2D eigenvalue weighted by molar-refractivity contribution is 5.38. The van der Waals surface area contributed by atoms with Crippen molar-refractivity contribution in [1.82, 2.24) is 0 Å². The van der Waals surface area contributed by atoms with Gasteiger partial charge in [0.05, 0.1) is 18.5 Å². The minimum Gasteiger partial charge on any atom is -0.512 e. The molecule has 0 radical (unpaired) electrons. The quantitative estimate of drug-likeness (QED) is 0.576. The second kappa shape index (κ2) is 3.74. The topological polar surface area (TPSA) is 60.7 Å². The fraction of sp³-hybridized carbons (Fsp3) is 0.556. The van der Waals surface area contributed by atoms with Crippen LogP contribution in [0.5, 0.6) is 0 Å². The summed E-state index contributed by atoms with van der Waals surface area (Å²) in [5, 5.41) is 27.5. The maximum absolute atomic E-state index is 9.36. The zero-order valence-electron chi connectivity index (χ0n) is 7.12. The SMILES string of the molecule is CC(O)C1=CCCC(O)=C1CO. The highest BCUT2D eigenvalue weighted by atomic mass is 16.3. The summed E-state index contributed by atoms with van der Waals surface area (Å²) in [7, 11) is 0. The van der Waals surface area contributed by atoms with Gasteiger partial charge >= 0.3 is 0 Å². The van der Waals surface area contributed by atoms with Crippen molar-refractivity contribution in [2.45, 2.75) is 25.9 Å². The molecule has 1 aliphatic carbocycles. The van der Waals surface area contributed by atoms with E-state index in [9.17, 15) is 10.2 Å². The van der Waals surface area contributed by atoms with Crippen LogP contribution < -0.4 is 0 Å². The van der Waals surface area contributed by atoms with E-state index in [1.807, 2.05) is 6.08 Å². The molecule has 0 saturated heterocycles. The van der Waals surface area contributed by atoms with Crippen LogP contribution in [0.1, 0.15) is 19.8 Å². The van der Waals surface area contributed by atoms with E-state index in [4.69, 9.17) is 5.11 Å². The monoisotopic (exact) mass is 170 g/mol. The molecule has 0 spiro atoms. The van der Waals surface area contributed by atoms with Crippen LogP contribution in [0.4, 0.5) is 0 Å².